The maximum absolute atomic E-state index is 12.4. The van der Waals surface area contributed by atoms with Gasteiger partial charge in [-0.25, -0.2) is 4.98 Å². The molecule has 0 spiro atoms. The smallest absolute Gasteiger partial charge is 0.228 e. The van der Waals surface area contributed by atoms with Crippen LogP contribution in [-0.2, 0) is 17.6 Å². The van der Waals surface area contributed by atoms with E-state index in [-0.39, 0.29) is 18.6 Å². The Morgan fingerprint density at radius 1 is 1.55 bits per heavy atom. The number of aromatic nitrogens is 1. The van der Waals surface area contributed by atoms with Crippen LogP contribution in [0.4, 0.5) is 0 Å². The van der Waals surface area contributed by atoms with Gasteiger partial charge in [0.2, 0.25) is 5.91 Å². The quantitative estimate of drug-likeness (QED) is 0.819. The van der Waals surface area contributed by atoms with E-state index in [9.17, 15) is 4.79 Å². The summed E-state index contributed by atoms with van der Waals surface area (Å²) in [5.41, 5.74) is 6.35. The van der Waals surface area contributed by atoms with E-state index in [0.717, 1.165) is 42.9 Å². The summed E-state index contributed by atoms with van der Waals surface area (Å²) < 4.78 is 0. The normalized spacial score (nSPS) is 19.3. The number of hydrogen-bond donors (Lipinski definition) is 2. The third kappa shape index (κ3) is 4.01. The molecule has 3 N–H and O–H groups in total. The van der Waals surface area contributed by atoms with Crippen LogP contribution in [0.25, 0.3) is 0 Å². The standard InChI is InChI=1S/C14H23N3O2S/c15-6-4-13-16-11(10-20-13)9-14(19)17-7-2-1-3-12(17)5-8-18/h10,12,18H,1-9,15H2. The predicted molar refractivity (Wildman–Crippen MR) is 79.6 cm³/mol. The van der Waals surface area contributed by atoms with E-state index in [0.29, 0.717) is 19.4 Å². The Hall–Kier alpha value is -0.980. The fourth-order valence-electron chi connectivity index (χ4n) is 2.70. The van der Waals surface area contributed by atoms with Gasteiger partial charge < -0.3 is 15.7 Å². The first-order valence-electron chi connectivity index (χ1n) is 7.28. The Labute approximate surface area is 123 Å². The fraction of sp³-hybridized carbons (Fsp3) is 0.714. The summed E-state index contributed by atoms with van der Waals surface area (Å²) in [4.78, 5) is 18.8. The Balaban J connectivity index is 1.94. The lowest BCUT2D eigenvalue weighted by Gasteiger charge is -2.35. The second-order valence-electron chi connectivity index (χ2n) is 5.20. The second kappa shape index (κ2) is 7.71. The molecule has 2 rings (SSSR count). The van der Waals surface area contributed by atoms with Crippen molar-refractivity contribution < 1.29 is 9.90 Å². The van der Waals surface area contributed by atoms with Crippen LogP contribution in [0, 0.1) is 0 Å². The van der Waals surface area contributed by atoms with Crippen molar-refractivity contribution in [2.75, 3.05) is 19.7 Å². The average molecular weight is 297 g/mol. The number of nitrogens with zero attached hydrogens (tertiary/aromatic N) is 2. The van der Waals surface area contributed by atoms with Crippen molar-refractivity contribution in [3.63, 3.8) is 0 Å². The van der Waals surface area contributed by atoms with Crippen LogP contribution in [0.3, 0.4) is 0 Å². The Morgan fingerprint density at radius 2 is 2.40 bits per heavy atom. The lowest BCUT2D eigenvalue weighted by Crippen LogP contribution is -2.44. The summed E-state index contributed by atoms with van der Waals surface area (Å²) in [5.74, 6) is 0.132. The number of thiazole rings is 1. The van der Waals surface area contributed by atoms with E-state index in [2.05, 4.69) is 4.98 Å². The molecule has 20 heavy (non-hydrogen) atoms. The Morgan fingerprint density at radius 3 is 3.15 bits per heavy atom. The first-order chi connectivity index (χ1) is 9.74. The largest absolute Gasteiger partial charge is 0.396 e. The van der Waals surface area contributed by atoms with Gasteiger partial charge in [-0.3, -0.25) is 4.79 Å². The molecule has 1 fully saturated rings. The van der Waals surface area contributed by atoms with Crippen LogP contribution in [0.1, 0.15) is 36.4 Å². The zero-order chi connectivity index (χ0) is 14.4. The van der Waals surface area contributed by atoms with Crippen molar-refractivity contribution in [1.82, 2.24) is 9.88 Å². The van der Waals surface area contributed by atoms with E-state index in [1.165, 1.54) is 0 Å². The van der Waals surface area contributed by atoms with Crippen LogP contribution in [0.2, 0.25) is 0 Å². The van der Waals surface area contributed by atoms with Crippen LogP contribution >= 0.6 is 11.3 Å². The molecule has 2 heterocycles. The number of aliphatic hydroxyl groups excluding tert-OH is 1. The summed E-state index contributed by atoms with van der Waals surface area (Å²) in [6, 6.07) is 0.198. The number of amides is 1. The number of carbonyl (C=O) groups excluding carboxylic acids is 1. The van der Waals surface area contributed by atoms with Crippen molar-refractivity contribution in [3.05, 3.63) is 16.1 Å². The maximum atomic E-state index is 12.4. The van der Waals surface area contributed by atoms with Crippen molar-refractivity contribution >= 4 is 17.2 Å². The SMILES string of the molecule is NCCc1nc(CC(=O)N2CCCCC2CCO)cs1. The topological polar surface area (TPSA) is 79.5 Å². The summed E-state index contributed by atoms with van der Waals surface area (Å²) in [6.07, 6.45) is 5.02. The number of hydrogen-bond acceptors (Lipinski definition) is 5. The lowest BCUT2D eigenvalue weighted by molar-refractivity contribution is -0.134. The van der Waals surface area contributed by atoms with Gasteiger partial charge in [-0.2, -0.15) is 0 Å². The average Bonchev–Trinajstić information content (AvgIpc) is 2.87. The minimum atomic E-state index is 0.132. The van der Waals surface area contributed by atoms with E-state index in [1.807, 2.05) is 10.3 Å². The molecule has 112 valence electrons. The van der Waals surface area contributed by atoms with Crippen molar-refractivity contribution in [2.24, 2.45) is 5.73 Å². The zero-order valence-electron chi connectivity index (χ0n) is 11.8. The van der Waals surface area contributed by atoms with Crippen LogP contribution < -0.4 is 5.73 Å². The molecule has 5 nitrogen and oxygen atoms in total. The molecule has 0 saturated carbocycles. The summed E-state index contributed by atoms with van der Waals surface area (Å²) >= 11 is 1.57. The molecule has 0 aliphatic carbocycles. The van der Waals surface area contributed by atoms with E-state index in [4.69, 9.17) is 10.8 Å². The molecular weight excluding hydrogens is 274 g/mol. The van der Waals surface area contributed by atoms with Gasteiger partial charge in [-0.1, -0.05) is 0 Å². The highest BCUT2D eigenvalue weighted by Crippen LogP contribution is 2.21. The first-order valence-corrected chi connectivity index (χ1v) is 8.16. The van der Waals surface area contributed by atoms with E-state index in [1.54, 1.807) is 11.3 Å². The molecule has 1 saturated heterocycles. The number of rotatable bonds is 6. The Bertz CT molecular complexity index is 434. The minimum absolute atomic E-state index is 0.132. The Kier molecular flexibility index (Phi) is 5.94. The van der Waals surface area contributed by atoms with Gasteiger partial charge in [0.15, 0.2) is 0 Å². The number of piperidine rings is 1. The fourth-order valence-corrected chi connectivity index (χ4v) is 3.52. The molecule has 1 aliphatic rings. The molecule has 0 radical (unpaired) electrons. The second-order valence-corrected chi connectivity index (χ2v) is 6.14. The van der Waals surface area contributed by atoms with Crippen molar-refractivity contribution in [1.29, 1.82) is 0 Å². The van der Waals surface area contributed by atoms with Crippen LogP contribution in [0.15, 0.2) is 5.38 Å². The zero-order valence-corrected chi connectivity index (χ0v) is 12.6. The van der Waals surface area contributed by atoms with E-state index >= 15 is 0 Å². The summed E-state index contributed by atoms with van der Waals surface area (Å²) in [7, 11) is 0. The molecule has 0 bridgehead atoms. The highest BCUT2D eigenvalue weighted by Gasteiger charge is 2.26. The molecular formula is C14H23N3O2S. The third-order valence-electron chi connectivity index (χ3n) is 3.70. The monoisotopic (exact) mass is 297 g/mol. The molecule has 1 aromatic heterocycles. The van der Waals surface area contributed by atoms with Crippen LogP contribution in [-0.4, -0.2) is 46.6 Å². The highest BCUT2D eigenvalue weighted by atomic mass is 32.1. The number of carbonyl (C=O) groups is 1. The van der Waals surface area contributed by atoms with Crippen molar-refractivity contribution in [3.8, 4) is 0 Å². The van der Waals surface area contributed by atoms with Gasteiger partial charge in [0, 0.05) is 31.0 Å². The number of nitrogens with two attached hydrogens (primary N) is 1. The number of likely N-dealkylation sites (tertiary alicyclic amines) is 1. The molecule has 1 atom stereocenters. The van der Waals surface area contributed by atoms with E-state index < -0.39 is 0 Å². The van der Waals surface area contributed by atoms with Crippen molar-refractivity contribution in [2.45, 2.75) is 44.6 Å². The van der Waals surface area contributed by atoms with Gasteiger partial charge in [-0.05, 0) is 32.2 Å². The third-order valence-corrected chi connectivity index (χ3v) is 4.66. The van der Waals surface area contributed by atoms with Gasteiger partial charge in [0.1, 0.15) is 0 Å². The van der Waals surface area contributed by atoms with Gasteiger partial charge >= 0.3 is 0 Å². The van der Waals surface area contributed by atoms with Gasteiger partial charge in [0.25, 0.3) is 0 Å². The predicted octanol–water partition coefficient (Wildman–Crippen LogP) is 0.950. The maximum Gasteiger partial charge on any atom is 0.228 e. The summed E-state index contributed by atoms with van der Waals surface area (Å²) in [5, 5.41) is 12.1. The minimum Gasteiger partial charge on any atom is -0.396 e. The highest BCUT2D eigenvalue weighted by molar-refractivity contribution is 7.09. The molecule has 1 aliphatic heterocycles. The number of aliphatic hydroxyl groups is 1. The summed E-state index contributed by atoms with van der Waals surface area (Å²) in [6.45, 7) is 1.54. The molecule has 1 amide bonds. The molecule has 1 unspecified atom stereocenters. The first kappa shape index (κ1) is 15.4. The van der Waals surface area contributed by atoms with Crippen LogP contribution in [0.5, 0.6) is 0 Å². The molecule has 6 heteroatoms. The lowest BCUT2D eigenvalue weighted by atomic mass is 9.99. The molecule has 0 aromatic carbocycles. The van der Waals surface area contributed by atoms with Gasteiger partial charge in [0.05, 0.1) is 17.1 Å². The van der Waals surface area contributed by atoms with Gasteiger partial charge in [-0.15, -0.1) is 11.3 Å². The molecule has 1 aromatic rings.